The molecular formula is C13H18FNO. The normalized spacial score (nSPS) is 30.8. The van der Waals surface area contributed by atoms with Crippen molar-refractivity contribution in [2.45, 2.75) is 18.5 Å². The molecule has 1 aliphatic rings. The first kappa shape index (κ1) is 11.6. The second kappa shape index (κ2) is 4.52. The molecule has 1 saturated heterocycles. The number of likely N-dealkylation sites (tertiary alicyclic amines) is 1. The van der Waals surface area contributed by atoms with Gasteiger partial charge in [0.05, 0.1) is 6.61 Å². The van der Waals surface area contributed by atoms with Gasteiger partial charge in [-0.1, -0.05) is 37.3 Å². The Balaban J connectivity index is 2.26. The smallest absolute Gasteiger partial charge is 0.154 e. The summed E-state index contributed by atoms with van der Waals surface area (Å²) in [4.78, 5) is 2.05. The molecule has 2 atom stereocenters. The van der Waals surface area contributed by atoms with E-state index in [1.165, 1.54) is 0 Å². The fourth-order valence-corrected chi connectivity index (χ4v) is 2.46. The van der Waals surface area contributed by atoms with Gasteiger partial charge in [0, 0.05) is 19.0 Å². The highest BCUT2D eigenvalue weighted by molar-refractivity contribution is 5.26. The van der Waals surface area contributed by atoms with Crippen LogP contribution in [0.4, 0.5) is 4.39 Å². The lowest BCUT2D eigenvalue weighted by atomic mass is 9.87. The van der Waals surface area contributed by atoms with Crippen molar-refractivity contribution in [3.05, 3.63) is 35.9 Å². The fourth-order valence-electron chi connectivity index (χ4n) is 2.46. The van der Waals surface area contributed by atoms with E-state index in [1.807, 2.05) is 42.2 Å². The summed E-state index contributed by atoms with van der Waals surface area (Å²) < 4.78 is 14.5. The lowest BCUT2D eigenvalue weighted by Gasteiger charge is -2.24. The number of aliphatic hydroxyl groups excluding tert-OH is 1. The number of alkyl halides is 1. The van der Waals surface area contributed by atoms with Gasteiger partial charge in [0.15, 0.2) is 5.67 Å². The van der Waals surface area contributed by atoms with E-state index in [9.17, 15) is 9.50 Å². The number of likely N-dealkylation sites (N-methyl/N-ethyl adjacent to an activating group) is 1. The first-order valence-corrected chi connectivity index (χ1v) is 5.76. The Morgan fingerprint density at radius 1 is 1.44 bits per heavy atom. The van der Waals surface area contributed by atoms with Gasteiger partial charge < -0.3 is 5.11 Å². The third-order valence-corrected chi connectivity index (χ3v) is 3.46. The molecule has 0 radical (unpaired) electrons. The van der Waals surface area contributed by atoms with E-state index in [4.69, 9.17) is 0 Å². The molecule has 2 rings (SSSR count). The molecule has 0 bridgehead atoms. The molecule has 0 spiro atoms. The zero-order chi connectivity index (χ0) is 11.6. The van der Waals surface area contributed by atoms with Gasteiger partial charge in [-0.3, -0.25) is 4.90 Å². The minimum atomic E-state index is -1.49. The zero-order valence-corrected chi connectivity index (χ0v) is 9.56. The quantitative estimate of drug-likeness (QED) is 0.844. The first-order chi connectivity index (χ1) is 7.69. The van der Waals surface area contributed by atoms with E-state index in [-0.39, 0.29) is 5.92 Å². The van der Waals surface area contributed by atoms with Crippen LogP contribution in [0.1, 0.15) is 18.4 Å². The largest absolute Gasteiger partial charge is 0.393 e. The Morgan fingerprint density at radius 3 is 2.69 bits per heavy atom. The molecule has 1 aliphatic heterocycles. The van der Waals surface area contributed by atoms with Gasteiger partial charge in [0.1, 0.15) is 0 Å². The van der Waals surface area contributed by atoms with Crippen molar-refractivity contribution in [2.75, 3.05) is 26.2 Å². The molecule has 0 unspecified atom stereocenters. The molecule has 1 fully saturated rings. The van der Waals surface area contributed by atoms with Gasteiger partial charge in [-0.05, 0) is 12.1 Å². The van der Waals surface area contributed by atoms with Gasteiger partial charge in [0.25, 0.3) is 0 Å². The van der Waals surface area contributed by atoms with Gasteiger partial charge in [-0.15, -0.1) is 0 Å². The summed E-state index contributed by atoms with van der Waals surface area (Å²) in [6, 6.07) is 9.64. The predicted octanol–water partition coefficient (Wildman–Crippen LogP) is 1.81. The van der Waals surface area contributed by atoms with Crippen LogP contribution >= 0.6 is 0 Å². The topological polar surface area (TPSA) is 23.5 Å². The minimum Gasteiger partial charge on any atom is -0.393 e. The van der Waals surface area contributed by atoms with Crippen LogP contribution < -0.4 is 0 Å². The standard InChI is InChI=1S/C13H18FNO/c1-2-15-8-12(13(14,9-15)10-16)11-6-4-3-5-7-11/h3-7,12,16H,2,8-10H2,1H3/t12-,13+/m1/s1. The molecule has 16 heavy (non-hydrogen) atoms. The highest BCUT2D eigenvalue weighted by atomic mass is 19.1. The number of hydrogen-bond acceptors (Lipinski definition) is 2. The van der Waals surface area contributed by atoms with Crippen LogP contribution in [0.2, 0.25) is 0 Å². The van der Waals surface area contributed by atoms with Crippen molar-refractivity contribution in [1.82, 2.24) is 4.90 Å². The molecule has 0 aromatic heterocycles. The summed E-state index contributed by atoms with van der Waals surface area (Å²) in [5.74, 6) is -0.210. The second-order valence-electron chi connectivity index (χ2n) is 4.48. The summed E-state index contributed by atoms with van der Waals surface area (Å²) >= 11 is 0. The number of hydrogen-bond donors (Lipinski definition) is 1. The van der Waals surface area contributed by atoms with E-state index in [1.54, 1.807) is 0 Å². The molecule has 1 N–H and O–H groups in total. The van der Waals surface area contributed by atoms with Crippen molar-refractivity contribution in [3.63, 3.8) is 0 Å². The van der Waals surface area contributed by atoms with Crippen LogP contribution in [0.15, 0.2) is 30.3 Å². The third-order valence-electron chi connectivity index (χ3n) is 3.46. The van der Waals surface area contributed by atoms with E-state index in [2.05, 4.69) is 0 Å². The lowest BCUT2D eigenvalue weighted by Crippen LogP contribution is -2.36. The summed E-state index contributed by atoms with van der Waals surface area (Å²) in [5.41, 5.74) is -0.507. The number of rotatable bonds is 3. The van der Waals surface area contributed by atoms with Crippen LogP contribution in [0.5, 0.6) is 0 Å². The van der Waals surface area contributed by atoms with Gasteiger partial charge in [0.2, 0.25) is 0 Å². The predicted molar refractivity (Wildman–Crippen MR) is 62.2 cm³/mol. The number of nitrogens with zero attached hydrogens (tertiary/aromatic N) is 1. The molecule has 88 valence electrons. The second-order valence-corrected chi connectivity index (χ2v) is 4.48. The van der Waals surface area contributed by atoms with Crippen molar-refractivity contribution in [2.24, 2.45) is 0 Å². The third kappa shape index (κ3) is 1.97. The Bertz CT molecular complexity index is 343. The molecule has 1 heterocycles. The fraction of sp³-hybridized carbons (Fsp3) is 0.538. The van der Waals surface area contributed by atoms with Crippen molar-refractivity contribution >= 4 is 0 Å². The average Bonchev–Trinajstić information content (AvgIpc) is 2.69. The molecule has 0 aliphatic carbocycles. The molecule has 1 aromatic rings. The maximum Gasteiger partial charge on any atom is 0.154 e. The highest BCUT2D eigenvalue weighted by Crippen LogP contribution is 2.38. The number of benzene rings is 1. The van der Waals surface area contributed by atoms with Crippen molar-refractivity contribution < 1.29 is 9.50 Å². The first-order valence-electron chi connectivity index (χ1n) is 5.76. The Labute approximate surface area is 95.7 Å². The molecular weight excluding hydrogens is 205 g/mol. The summed E-state index contributed by atoms with van der Waals surface area (Å²) in [5, 5.41) is 9.27. The summed E-state index contributed by atoms with van der Waals surface area (Å²) in [6.07, 6.45) is 0. The molecule has 0 saturated carbocycles. The zero-order valence-electron chi connectivity index (χ0n) is 9.56. The van der Waals surface area contributed by atoms with Crippen LogP contribution in [0.3, 0.4) is 0 Å². The van der Waals surface area contributed by atoms with Crippen LogP contribution in [-0.4, -0.2) is 41.9 Å². The van der Waals surface area contributed by atoms with Gasteiger partial charge >= 0.3 is 0 Å². The minimum absolute atomic E-state index is 0.210. The molecule has 3 heteroatoms. The summed E-state index contributed by atoms with van der Waals surface area (Å²) in [7, 11) is 0. The van der Waals surface area contributed by atoms with E-state index >= 15 is 0 Å². The van der Waals surface area contributed by atoms with Crippen LogP contribution in [0.25, 0.3) is 0 Å². The van der Waals surface area contributed by atoms with Crippen molar-refractivity contribution in [3.8, 4) is 0 Å². The molecule has 2 nitrogen and oxygen atoms in total. The van der Waals surface area contributed by atoms with Gasteiger partial charge in [-0.25, -0.2) is 4.39 Å². The summed E-state index contributed by atoms with van der Waals surface area (Å²) in [6.45, 7) is 3.47. The van der Waals surface area contributed by atoms with Crippen LogP contribution in [-0.2, 0) is 0 Å². The Hall–Kier alpha value is -0.930. The number of halogens is 1. The Kier molecular flexibility index (Phi) is 3.26. The SMILES string of the molecule is CCN1C[C@H](c2ccccc2)[C@@](F)(CO)C1. The maximum atomic E-state index is 14.5. The maximum absolute atomic E-state index is 14.5. The van der Waals surface area contributed by atoms with E-state index in [0.29, 0.717) is 13.1 Å². The monoisotopic (exact) mass is 223 g/mol. The lowest BCUT2D eigenvalue weighted by molar-refractivity contribution is 0.0657. The molecule has 1 aromatic carbocycles. The molecule has 0 amide bonds. The Morgan fingerprint density at radius 2 is 2.12 bits per heavy atom. The number of aliphatic hydroxyl groups is 1. The van der Waals surface area contributed by atoms with Gasteiger partial charge in [-0.2, -0.15) is 0 Å². The van der Waals surface area contributed by atoms with E-state index in [0.717, 1.165) is 12.1 Å². The van der Waals surface area contributed by atoms with Crippen LogP contribution in [0, 0.1) is 0 Å². The highest BCUT2D eigenvalue weighted by Gasteiger charge is 2.46. The van der Waals surface area contributed by atoms with E-state index < -0.39 is 12.3 Å². The average molecular weight is 223 g/mol. The van der Waals surface area contributed by atoms with Crippen molar-refractivity contribution in [1.29, 1.82) is 0 Å².